The molecular formula is C39H47N5O9S. The summed E-state index contributed by atoms with van der Waals surface area (Å²) >= 11 is 0. The van der Waals surface area contributed by atoms with Crippen LogP contribution in [-0.4, -0.2) is 83.0 Å². The van der Waals surface area contributed by atoms with Gasteiger partial charge in [0.05, 0.1) is 41.1 Å². The molecule has 4 heterocycles. The number of amides is 3. The monoisotopic (exact) mass is 761 g/mol. The number of carbonyl (C=O) groups excluding carboxylic acids is 3. The van der Waals surface area contributed by atoms with Gasteiger partial charge in [-0.15, -0.1) is 0 Å². The van der Waals surface area contributed by atoms with Crippen molar-refractivity contribution in [3.05, 3.63) is 40.7 Å². The van der Waals surface area contributed by atoms with E-state index in [0.717, 1.165) is 65.5 Å². The first-order chi connectivity index (χ1) is 25.8. The summed E-state index contributed by atoms with van der Waals surface area (Å²) in [6, 6.07) is 3.80. The summed E-state index contributed by atoms with van der Waals surface area (Å²) in [5.41, 5.74) is 3.00. The number of sulfonamides is 1. The fourth-order valence-corrected chi connectivity index (χ4v) is 9.87. The predicted molar refractivity (Wildman–Crippen MR) is 198 cm³/mol. The Hall–Kier alpha value is -4.53. The summed E-state index contributed by atoms with van der Waals surface area (Å²) in [6.07, 6.45) is 7.47. The Kier molecular flexibility index (Phi) is 9.21. The first-order valence-corrected chi connectivity index (χ1v) is 20.6. The van der Waals surface area contributed by atoms with Crippen LogP contribution in [0.1, 0.15) is 114 Å². The molecule has 2 saturated carbocycles. The number of nitrogens with one attached hydrogen (secondary N) is 2. The van der Waals surface area contributed by atoms with E-state index in [9.17, 15) is 32.7 Å². The van der Waals surface area contributed by atoms with Gasteiger partial charge in [-0.1, -0.05) is 12.8 Å². The van der Waals surface area contributed by atoms with E-state index < -0.39 is 56.4 Å². The van der Waals surface area contributed by atoms with Crippen LogP contribution in [0.5, 0.6) is 11.5 Å². The zero-order chi connectivity index (χ0) is 38.0. The average Bonchev–Trinajstić information content (AvgIpc) is 4.03. The molecule has 3 N–H and O–H groups in total. The molecule has 4 atom stereocenters. The van der Waals surface area contributed by atoms with Crippen molar-refractivity contribution in [1.82, 2.24) is 19.9 Å². The smallest absolute Gasteiger partial charge is 0.405 e. The van der Waals surface area contributed by atoms with Gasteiger partial charge in [-0.25, -0.2) is 18.2 Å². The highest BCUT2D eigenvalue weighted by Gasteiger charge is 2.57. The number of ether oxygens (including phenoxy) is 2. The topological polar surface area (TPSA) is 194 Å². The summed E-state index contributed by atoms with van der Waals surface area (Å²) in [4.78, 5) is 65.6. The van der Waals surface area contributed by atoms with E-state index >= 15 is 0 Å². The second-order valence-electron chi connectivity index (χ2n) is 16.1. The van der Waals surface area contributed by atoms with Gasteiger partial charge in [0, 0.05) is 60.9 Å². The number of fused-ring (bicyclic) bond motifs is 5. The van der Waals surface area contributed by atoms with Crippen LogP contribution >= 0.6 is 0 Å². The van der Waals surface area contributed by atoms with Crippen molar-refractivity contribution < 1.29 is 42.2 Å². The molecule has 3 fully saturated rings. The van der Waals surface area contributed by atoms with E-state index in [4.69, 9.17) is 19.5 Å². The van der Waals surface area contributed by atoms with Crippen LogP contribution in [0.2, 0.25) is 0 Å². The SMILES string of the molecule is COc1ccc2nc(C3CCC3)c3c(c2c1)CC[C@]1(CCC(=O)[C@@H](NC(=O)O)CCCCC2=C(C2)N=C[C@@H]2[C@@H](C(=O)NS(=O)(=O)C4(C)CC4)CC(=O)N21)O3. The van der Waals surface area contributed by atoms with Crippen LogP contribution in [0.4, 0.5) is 4.79 Å². The van der Waals surface area contributed by atoms with Crippen molar-refractivity contribution >= 4 is 50.8 Å². The number of benzene rings is 1. The highest BCUT2D eigenvalue weighted by atomic mass is 32.2. The number of aromatic nitrogens is 1. The van der Waals surface area contributed by atoms with Crippen LogP contribution in [-0.2, 0) is 30.8 Å². The van der Waals surface area contributed by atoms with Gasteiger partial charge in [0.1, 0.15) is 11.5 Å². The number of nitrogens with zero attached hydrogens (tertiary/aromatic N) is 3. The van der Waals surface area contributed by atoms with Crippen molar-refractivity contribution in [2.45, 2.75) is 132 Å². The Labute approximate surface area is 314 Å². The molecule has 1 spiro atoms. The van der Waals surface area contributed by atoms with E-state index in [1.54, 1.807) is 20.2 Å². The van der Waals surface area contributed by atoms with Crippen LogP contribution in [0.3, 0.4) is 0 Å². The molecule has 0 bridgehead atoms. The van der Waals surface area contributed by atoms with E-state index in [-0.39, 0.29) is 37.4 Å². The van der Waals surface area contributed by atoms with E-state index in [2.05, 4.69) is 10.0 Å². The van der Waals surface area contributed by atoms with Crippen molar-refractivity contribution in [3.8, 4) is 11.5 Å². The lowest BCUT2D eigenvalue weighted by Crippen LogP contribution is -2.60. The second-order valence-corrected chi connectivity index (χ2v) is 18.3. The molecule has 8 rings (SSSR count). The fourth-order valence-electron chi connectivity index (χ4n) is 8.57. The fraction of sp³-hybridized carbons (Fsp3) is 0.590. The molecule has 3 aliphatic carbocycles. The lowest BCUT2D eigenvalue weighted by molar-refractivity contribution is -0.157. The van der Waals surface area contributed by atoms with Gasteiger partial charge in [-0.2, -0.15) is 0 Å². The second kappa shape index (κ2) is 13.6. The molecule has 6 aliphatic rings. The Balaban J connectivity index is 1.24. The first-order valence-electron chi connectivity index (χ1n) is 19.2. The zero-order valence-electron chi connectivity index (χ0n) is 30.7. The zero-order valence-corrected chi connectivity index (χ0v) is 31.5. The lowest BCUT2D eigenvalue weighted by atomic mass is 9.80. The van der Waals surface area contributed by atoms with Crippen molar-refractivity contribution in [2.24, 2.45) is 10.9 Å². The summed E-state index contributed by atoms with van der Waals surface area (Å²) in [6.45, 7) is 1.60. The molecule has 2 aromatic rings. The largest absolute Gasteiger partial charge is 0.497 e. The molecule has 54 heavy (non-hydrogen) atoms. The third-order valence-electron chi connectivity index (χ3n) is 12.5. The Morgan fingerprint density at radius 2 is 1.81 bits per heavy atom. The number of hydrogen-bond donors (Lipinski definition) is 3. The quantitative estimate of drug-likeness (QED) is 0.359. The summed E-state index contributed by atoms with van der Waals surface area (Å²) < 4.78 is 40.5. The lowest BCUT2D eigenvalue weighted by Gasteiger charge is -2.48. The molecule has 3 amide bonds. The molecule has 15 heteroatoms. The number of aryl methyl sites for hydroxylation is 1. The minimum absolute atomic E-state index is 0.0120. The number of aliphatic imine (C=N–C) groups is 1. The van der Waals surface area contributed by atoms with Gasteiger partial charge >= 0.3 is 6.09 Å². The molecule has 14 nitrogen and oxygen atoms in total. The molecule has 1 saturated heterocycles. The van der Waals surface area contributed by atoms with Gasteiger partial charge < -0.3 is 19.9 Å². The third-order valence-corrected chi connectivity index (χ3v) is 14.7. The number of Topliss-reactive ketones (excluding diaryl/α,β-unsaturated/α-hetero) is 1. The normalized spacial score (nSPS) is 28.2. The molecule has 288 valence electrons. The molecule has 1 aromatic carbocycles. The molecule has 0 radical (unpaired) electrons. The highest BCUT2D eigenvalue weighted by molar-refractivity contribution is 7.91. The third kappa shape index (κ3) is 6.62. The summed E-state index contributed by atoms with van der Waals surface area (Å²) in [5.74, 6) is -1.28. The van der Waals surface area contributed by atoms with Crippen LogP contribution in [0, 0.1) is 5.92 Å². The first kappa shape index (κ1) is 36.4. The van der Waals surface area contributed by atoms with Crippen LogP contribution in [0.15, 0.2) is 34.5 Å². The molecule has 1 aromatic heterocycles. The number of methoxy groups -OCH3 is 1. The number of carbonyl (C=O) groups is 4. The van der Waals surface area contributed by atoms with Crippen molar-refractivity contribution in [1.29, 1.82) is 0 Å². The van der Waals surface area contributed by atoms with Crippen molar-refractivity contribution in [3.63, 3.8) is 0 Å². The number of hydrogen-bond acceptors (Lipinski definition) is 10. The molecular weight excluding hydrogens is 715 g/mol. The number of rotatable bonds is 6. The van der Waals surface area contributed by atoms with E-state index in [1.807, 2.05) is 18.2 Å². The van der Waals surface area contributed by atoms with Gasteiger partial charge in [0.2, 0.25) is 21.8 Å². The Morgan fingerprint density at radius 1 is 1.04 bits per heavy atom. The number of pyridine rings is 1. The Morgan fingerprint density at radius 3 is 2.52 bits per heavy atom. The van der Waals surface area contributed by atoms with E-state index in [0.29, 0.717) is 50.0 Å². The standard InChI is InChI=1S/C39H47N5O9S/c1-38(16-17-38)54(50,51)43-36(47)27-20-33(46)44-31(27)21-40-30-18-23(30)6-3-4-9-29(42-37(48)49)32(45)13-15-39(44)14-12-25-26-19-24(52-2)10-11-28(26)41-34(35(25)53-39)22-7-5-8-22/h10-11,19,21-22,27,29,31,42H,3-9,12-18,20H2,1-2H3,(H,43,47)(H,48,49)/t27-,29-,31+,39+/m0/s1. The maximum Gasteiger partial charge on any atom is 0.405 e. The van der Waals surface area contributed by atoms with Gasteiger partial charge in [-0.3, -0.25) is 29.0 Å². The molecule has 0 unspecified atom stereocenters. The van der Waals surface area contributed by atoms with Gasteiger partial charge in [0.25, 0.3) is 0 Å². The van der Waals surface area contributed by atoms with Crippen molar-refractivity contribution in [2.75, 3.05) is 7.11 Å². The van der Waals surface area contributed by atoms with Gasteiger partial charge in [0.15, 0.2) is 11.5 Å². The number of carboxylic acid groups (broad SMARTS) is 1. The van der Waals surface area contributed by atoms with E-state index in [1.165, 1.54) is 4.90 Å². The molecule has 3 aliphatic heterocycles. The summed E-state index contributed by atoms with van der Waals surface area (Å²) in [7, 11) is -2.40. The van der Waals surface area contributed by atoms with Gasteiger partial charge in [-0.05, 0) is 82.1 Å². The number of allylic oxidation sites excluding steroid dienone is 2. The minimum Gasteiger partial charge on any atom is -0.497 e. The van der Waals surface area contributed by atoms with Crippen LogP contribution in [0.25, 0.3) is 10.9 Å². The maximum atomic E-state index is 14.5. The number of ketones is 1. The van der Waals surface area contributed by atoms with Crippen LogP contribution < -0.4 is 19.5 Å². The maximum absolute atomic E-state index is 14.5. The minimum atomic E-state index is -4.00. The predicted octanol–water partition coefficient (Wildman–Crippen LogP) is 5.04. The Bertz CT molecular complexity index is 2110. The summed E-state index contributed by atoms with van der Waals surface area (Å²) in [5, 5.41) is 12.9. The highest BCUT2D eigenvalue weighted by Crippen LogP contribution is 2.51. The average molecular weight is 762 g/mol.